The molecule has 0 aliphatic rings. The summed E-state index contributed by atoms with van der Waals surface area (Å²) in [7, 11) is 5.02. The average Bonchev–Trinajstić information content (AvgIpc) is 2.59. The van der Waals surface area contributed by atoms with Crippen LogP contribution in [0.3, 0.4) is 0 Å². The number of nitrogens with two attached hydrogens (primary N) is 1. The maximum Gasteiger partial charge on any atom is 0.136 e. The Morgan fingerprint density at radius 1 is 0.913 bits per heavy atom. The summed E-state index contributed by atoms with van der Waals surface area (Å²) in [6.07, 6.45) is 1.02. The Labute approximate surface area is 145 Å². The van der Waals surface area contributed by atoms with Gasteiger partial charge in [0.2, 0.25) is 0 Å². The van der Waals surface area contributed by atoms with Crippen LogP contribution in [0.15, 0.2) is 40.9 Å². The summed E-state index contributed by atoms with van der Waals surface area (Å²) >= 11 is 3.52. The normalized spacial score (nSPS) is 10.4. The summed E-state index contributed by atoms with van der Waals surface area (Å²) in [5, 5.41) is 2.28. The molecule has 23 heavy (non-hydrogen) atoms. The highest BCUT2D eigenvalue weighted by atomic mass is 79.9. The van der Waals surface area contributed by atoms with Crippen LogP contribution in [0.5, 0.6) is 17.2 Å². The molecule has 0 saturated carbocycles. The predicted octanol–water partition coefficient (Wildman–Crippen LogP) is 2.78. The minimum Gasteiger partial charge on any atom is -0.497 e. The molecule has 0 spiro atoms. The minimum absolute atomic E-state index is 0.781. The van der Waals surface area contributed by atoms with Crippen LogP contribution in [0, 0.1) is 0 Å². The second-order valence-corrected chi connectivity index (χ2v) is 6.03. The van der Waals surface area contributed by atoms with Gasteiger partial charge in [-0.05, 0) is 39.7 Å². The Hall–Kier alpha value is -1.72. The lowest BCUT2D eigenvalue weighted by atomic mass is 10.1. The predicted molar refractivity (Wildman–Crippen MR) is 94.4 cm³/mol. The van der Waals surface area contributed by atoms with Gasteiger partial charge in [-0.25, -0.2) is 0 Å². The zero-order valence-corrected chi connectivity index (χ0v) is 15.4. The first-order chi connectivity index (χ1) is 11.2. The number of rotatable bonds is 8. The van der Waals surface area contributed by atoms with Crippen molar-refractivity contribution < 1.29 is 19.5 Å². The monoisotopic (exact) mass is 380 g/mol. The van der Waals surface area contributed by atoms with Crippen molar-refractivity contribution >= 4 is 15.9 Å². The van der Waals surface area contributed by atoms with E-state index >= 15 is 0 Å². The molecule has 0 bridgehead atoms. The van der Waals surface area contributed by atoms with Gasteiger partial charge >= 0.3 is 0 Å². The smallest absolute Gasteiger partial charge is 0.136 e. The Bertz CT molecular complexity index is 629. The Kier molecular flexibility index (Phi) is 6.74. The maximum absolute atomic E-state index is 5.45. The lowest BCUT2D eigenvalue weighted by Gasteiger charge is -2.11. The molecule has 2 rings (SSSR count). The second kappa shape index (κ2) is 8.79. The molecule has 0 heterocycles. The van der Waals surface area contributed by atoms with Crippen LogP contribution in [-0.2, 0) is 13.0 Å². The number of hydrogen-bond acceptors (Lipinski definition) is 3. The van der Waals surface area contributed by atoms with Gasteiger partial charge in [-0.3, -0.25) is 0 Å². The number of halogens is 1. The quantitative estimate of drug-likeness (QED) is 0.716. The highest BCUT2D eigenvalue weighted by Gasteiger charge is 2.10. The van der Waals surface area contributed by atoms with E-state index in [-0.39, 0.29) is 0 Å². The van der Waals surface area contributed by atoms with Gasteiger partial charge in [-0.15, -0.1) is 0 Å². The Balaban J connectivity index is 1.89. The van der Waals surface area contributed by atoms with Crippen molar-refractivity contribution in [3.8, 4) is 17.2 Å². The van der Waals surface area contributed by atoms with Crippen molar-refractivity contribution in [2.75, 3.05) is 27.9 Å². The standard InChI is InChI=1S/C18H22BrNO3/c1-21-15-6-4-13(5-7-15)8-9-20-12-14-10-16(19)18(23-3)11-17(14)22-2/h4-7,10-11,20H,8-9,12H2,1-3H3/p+1. The molecule has 0 amide bonds. The van der Waals surface area contributed by atoms with Crippen molar-refractivity contribution in [3.63, 3.8) is 0 Å². The lowest BCUT2D eigenvalue weighted by Crippen LogP contribution is -2.83. The van der Waals surface area contributed by atoms with Gasteiger partial charge in [0.05, 0.1) is 32.3 Å². The number of hydrogen-bond donors (Lipinski definition) is 1. The summed E-state index contributed by atoms with van der Waals surface area (Å²) in [4.78, 5) is 0. The Morgan fingerprint density at radius 2 is 1.61 bits per heavy atom. The van der Waals surface area contributed by atoms with Crippen LogP contribution in [0.1, 0.15) is 11.1 Å². The zero-order chi connectivity index (χ0) is 16.7. The molecule has 0 fully saturated rings. The molecule has 0 aliphatic carbocycles. The summed E-state index contributed by atoms with van der Waals surface area (Å²) in [6, 6.07) is 12.2. The third kappa shape index (κ3) is 4.88. The lowest BCUT2D eigenvalue weighted by molar-refractivity contribution is -0.670. The maximum atomic E-state index is 5.45. The third-order valence-electron chi connectivity index (χ3n) is 3.72. The van der Waals surface area contributed by atoms with E-state index in [1.807, 2.05) is 18.2 Å². The molecule has 0 saturated heterocycles. The third-order valence-corrected chi connectivity index (χ3v) is 4.33. The largest absolute Gasteiger partial charge is 0.497 e. The summed E-state index contributed by atoms with van der Waals surface area (Å²) in [5.41, 5.74) is 2.46. The van der Waals surface area contributed by atoms with Gasteiger partial charge in [0.1, 0.15) is 23.8 Å². The molecule has 4 nitrogen and oxygen atoms in total. The van der Waals surface area contributed by atoms with Crippen LogP contribution < -0.4 is 19.5 Å². The van der Waals surface area contributed by atoms with Gasteiger partial charge in [0.25, 0.3) is 0 Å². The number of methoxy groups -OCH3 is 3. The van der Waals surface area contributed by atoms with Crippen LogP contribution in [0.25, 0.3) is 0 Å². The van der Waals surface area contributed by atoms with E-state index in [0.717, 1.165) is 46.8 Å². The van der Waals surface area contributed by atoms with E-state index in [0.29, 0.717) is 0 Å². The molecule has 2 aromatic carbocycles. The zero-order valence-electron chi connectivity index (χ0n) is 13.8. The van der Waals surface area contributed by atoms with Crippen LogP contribution in [0.2, 0.25) is 0 Å². The topological polar surface area (TPSA) is 44.3 Å². The van der Waals surface area contributed by atoms with Crippen molar-refractivity contribution in [1.29, 1.82) is 0 Å². The molecule has 2 N–H and O–H groups in total. The molecular formula is C18H23BrNO3+. The van der Waals surface area contributed by atoms with Crippen molar-refractivity contribution in [1.82, 2.24) is 0 Å². The van der Waals surface area contributed by atoms with E-state index in [9.17, 15) is 0 Å². The summed E-state index contributed by atoms with van der Waals surface area (Å²) in [5.74, 6) is 2.53. The van der Waals surface area contributed by atoms with Crippen molar-refractivity contribution in [2.45, 2.75) is 13.0 Å². The van der Waals surface area contributed by atoms with Crippen LogP contribution in [-0.4, -0.2) is 27.9 Å². The average molecular weight is 381 g/mol. The van der Waals surface area contributed by atoms with Crippen LogP contribution in [0.4, 0.5) is 0 Å². The van der Waals surface area contributed by atoms with Gasteiger partial charge in [0.15, 0.2) is 0 Å². The summed E-state index contributed by atoms with van der Waals surface area (Å²) in [6.45, 7) is 1.88. The van der Waals surface area contributed by atoms with Crippen molar-refractivity contribution in [3.05, 3.63) is 52.0 Å². The number of ether oxygens (including phenoxy) is 3. The second-order valence-electron chi connectivity index (χ2n) is 5.18. The number of quaternary nitrogens is 1. The molecule has 0 aromatic heterocycles. The van der Waals surface area contributed by atoms with E-state index in [4.69, 9.17) is 14.2 Å². The highest BCUT2D eigenvalue weighted by Crippen LogP contribution is 2.32. The first kappa shape index (κ1) is 17.6. The molecule has 0 unspecified atom stereocenters. The van der Waals surface area contributed by atoms with E-state index in [1.54, 1.807) is 21.3 Å². The molecule has 0 atom stereocenters. The molecule has 2 aromatic rings. The van der Waals surface area contributed by atoms with Gasteiger partial charge in [0, 0.05) is 18.1 Å². The number of benzene rings is 2. The van der Waals surface area contributed by atoms with Crippen molar-refractivity contribution in [2.24, 2.45) is 0 Å². The molecular weight excluding hydrogens is 358 g/mol. The SMILES string of the molecule is COc1ccc(CC[NH2+]Cc2cc(Br)c(OC)cc2OC)cc1. The highest BCUT2D eigenvalue weighted by molar-refractivity contribution is 9.10. The first-order valence-corrected chi connectivity index (χ1v) is 8.32. The molecule has 5 heteroatoms. The van der Waals surface area contributed by atoms with Gasteiger partial charge in [-0.1, -0.05) is 12.1 Å². The fraction of sp³-hybridized carbons (Fsp3) is 0.333. The summed E-state index contributed by atoms with van der Waals surface area (Å²) < 4.78 is 16.9. The van der Waals surface area contributed by atoms with Gasteiger partial charge in [-0.2, -0.15) is 0 Å². The minimum atomic E-state index is 0.781. The van der Waals surface area contributed by atoms with Gasteiger partial charge < -0.3 is 19.5 Å². The molecule has 0 aliphatic heterocycles. The Morgan fingerprint density at radius 3 is 2.22 bits per heavy atom. The molecule has 0 radical (unpaired) electrons. The van der Waals surface area contributed by atoms with E-state index in [2.05, 4.69) is 39.4 Å². The van der Waals surface area contributed by atoms with E-state index in [1.165, 1.54) is 5.56 Å². The first-order valence-electron chi connectivity index (χ1n) is 7.53. The fourth-order valence-corrected chi connectivity index (χ4v) is 2.95. The van der Waals surface area contributed by atoms with E-state index < -0.39 is 0 Å². The fourth-order valence-electron chi connectivity index (χ4n) is 2.40. The molecule has 124 valence electrons. The van der Waals surface area contributed by atoms with Crippen LogP contribution >= 0.6 is 15.9 Å².